The summed E-state index contributed by atoms with van der Waals surface area (Å²) in [6, 6.07) is 0.220. The second-order valence-electron chi connectivity index (χ2n) is 5.40. The maximum atomic E-state index is 12.5. The molecule has 2 unspecified atom stereocenters. The Labute approximate surface area is 109 Å². The van der Waals surface area contributed by atoms with Crippen LogP contribution in [-0.2, 0) is 10.2 Å². The van der Waals surface area contributed by atoms with E-state index in [0.717, 1.165) is 25.7 Å². The molecule has 0 saturated carbocycles. The van der Waals surface area contributed by atoms with E-state index in [-0.39, 0.29) is 23.5 Å². The van der Waals surface area contributed by atoms with Crippen molar-refractivity contribution in [2.45, 2.75) is 63.0 Å². The van der Waals surface area contributed by atoms with Crippen LogP contribution in [0, 0.1) is 0 Å². The highest BCUT2D eigenvalue weighted by molar-refractivity contribution is 7.86. The molecule has 2 fully saturated rings. The molecule has 2 heterocycles. The van der Waals surface area contributed by atoms with E-state index in [1.807, 2.05) is 13.8 Å². The third kappa shape index (κ3) is 2.35. The molecular formula is C11H21ClN2O2S. The molecule has 4 nitrogen and oxygen atoms in total. The maximum absolute atomic E-state index is 12.5. The van der Waals surface area contributed by atoms with E-state index < -0.39 is 10.2 Å². The Morgan fingerprint density at radius 2 is 1.71 bits per heavy atom. The number of alkyl halides is 1. The van der Waals surface area contributed by atoms with E-state index in [2.05, 4.69) is 0 Å². The Balaban J connectivity index is 2.24. The molecule has 0 N–H and O–H groups in total. The van der Waals surface area contributed by atoms with Crippen LogP contribution in [0.1, 0.15) is 39.5 Å². The topological polar surface area (TPSA) is 40.6 Å². The molecule has 2 bridgehead atoms. The Bertz CT molecular complexity index is 371. The van der Waals surface area contributed by atoms with Gasteiger partial charge in [-0.3, -0.25) is 0 Å². The van der Waals surface area contributed by atoms with Crippen LogP contribution in [0.3, 0.4) is 0 Å². The number of piperidine rings is 1. The first kappa shape index (κ1) is 13.6. The van der Waals surface area contributed by atoms with Gasteiger partial charge in [0.15, 0.2) is 0 Å². The first-order chi connectivity index (χ1) is 7.84. The third-order valence-corrected chi connectivity index (χ3v) is 6.60. The average molecular weight is 281 g/mol. The number of halogens is 1. The molecule has 2 aliphatic rings. The van der Waals surface area contributed by atoms with Gasteiger partial charge >= 0.3 is 0 Å². The van der Waals surface area contributed by atoms with Gasteiger partial charge in [0.2, 0.25) is 0 Å². The molecule has 100 valence electrons. The van der Waals surface area contributed by atoms with E-state index in [9.17, 15) is 8.42 Å². The number of rotatable bonds is 3. The van der Waals surface area contributed by atoms with Crippen LogP contribution in [0.2, 0.25) is 0 Å². The van der Waals surface area contributed by atoms with Crippen LogP contribution in [-0.4, -0.2) is 47.6 Å². The summed E-state index contributed by atoms with van der Waals surface area (Å²) in [5.41, 5.74) is 0. The minimum atomic E-state index is -3.31. The lowest BCUT2D eigenvalue weighted by Crippen LogP contribution is -2.53. The molecule has 0 aromatic carbocycles. The summed E-state index contributed by atoms with van der Waals surface area (Å²) in [6.45, 7) is 3.79. The molecular weight excluding hydrogens is 260 g/mol. The smallest absolute Gasteiger partial charge is 0.195 e. The van der Waals surface area contributed by atoms with Crippen molar-refractivity contribution in [3.63, 3.8) is 0 Å². The molecule has 2 saturated heterocycles. The molecule has 17 heavy (non-hydrogen) atoms. The SMILES string of the molecule is CC(C)N(C)S(=O)(=O)N1C2CCC1CC(Cl)C2. The van der Waals surface area contributed by atoms with Crippen molar-refractivity contribution in [1.29, 1.82) is 0 Å². The summed E-state index contributed by atoms with van der Waals surface area (Å²) in [4.78, 5) is 0. The number of hydrogen-bond acceptors (Lipinski definition) is 2. The second-order valence-corrected chi connectivity index (χ2v) is 7.91. The molecule has 0 aromatic rings. The van der Waals surface area contributed by atoms with Gasteiger partial charge in [-0.15, -0.1) is 11.6 Å². The van der Waals surface area contributed by atoms with Gasteiger partial charge in [0.25, 0.3) is 10.2 Å². The highest BCUT2D eigenvalue weighted by atomic mass is 35.5. The Hall–Kier alpha value is 0.160. The van der Waals surface area contributed by atoms with Gasteiger partial charge in [-0.25, -0.2) is 0 Å². The van der Waals surface area contributed by atoms with Gasteiger partial charge in [0.1, 0.15) is 0 Å². The van der Waals surface area contributed by atoms with Crippen LogP contribution >= 0.6 is 11.6 Å². The molecule has 0 radical (unpaired) electrons. The Morgan fingerprint density at radius 3 is 2.12 bits per heavy atom. The minimum Gasteiger partial charge on any atom is -0.195 e. The number of hydrogen-bond donors (Lipinski definition) is 0. The second kappa shape index (κ2) is 4.68. The van der Waals surface area contributed by atoms with E-state index >= 15 is 0 Å². The standard InChI is InChI=1S/C11H21ClN2O2S/c1-8(2)13(3)17(15,16)14-10-4-5-11(14)7-9(12)6-10/h8-11H,4-7H2,1-3H3. The summed E-state index contributed by atoms with van der Waals surface area (Å²) < 4.78 is 28.2. The van der Waals surface area contributed by atoms with Crippen molar-refractivity contribution in [3.8, 4) is 0 Å². The van der Waals surface area contributed by atoms with Gasteiger partial charge in [-0.2, -0.15) is 17.0 Å². The predicted octanol–water partition coefficient (Wildman–Crippen LogP) is 1.81. The molecule has 0 amide bonds. The summed E-state index contributed by atoms with van der Waals surface area (Å²) >= 11 is 6.17. The van der Waals surface area contributed by atoms with Crippen LogP contribution in [0.4, 0.5) is 0 Å². The van der Waals surface area contributed by atoms with E-state index in [1.54, 1.807) is 11.4 Å². The first-order valence-electron chi connectivity index (χ1n) is 6.24. The van der Waals surface area contributed by atoms with Gasteiger partial charge in [-0.05, 0) is 39.5 Å². The van der Waals surface area contributed by atoms with Gasteiger partial charge in [0.05, 0.1) is 0 Å². The third-order valence-electron chi connectivity index (χ3n) is 3.97. The molecule has 2 aliphatic heterocycles. The zero-order chi connectivity index (χ0) is 12.8. The van der Waals surface area contributed by atoms with Gasteiger partial charge < -0.3 is 0 Å². The summed E-state index contributed by atoms with van der Waals surface area (Å²) in [6.07, 6.45) is 3.50. The van der Waals surface area contributed by atoms with Crippen LogP contribution in [0.25, 0.3) is 0 Å². The number of fused-ring (bicyclic) bond motifs is 2. The van der Waals surface area contributed by atoms with Crippen LogP contribution in [0.15, 0.2) is 0 Å². The normalized spacial score (nSPS) is 34.8. The van der Waals surface area contributed by atoms with E-state index in [1.165, 1.54) is 4.31 Å². The van der Waals surface area contributed by atoms with E-state index in [4.69, 9.17) is 11.6 Å². The fraction of sp³-hybridized carbons (Fsp3) is 1.00. The molecule has 2 rings (SSSR count). The monoisotopic (exact) mass is 280 g/mol. The minimum absolute atomic E-state index is 0.00637. The van der Waals surface area contributed by atoms with Crippen LogP contribution < -0.4 is 0 Å². The fourth-order valence-corrected chi connectivity index (χ4v) is 5.24. The lowest BCUT2D eigenvalue weighted by atomic mass is 10.1. The lowest BCUT2D eigenvalue weighted by Gasteiger charge is -2.38. The zero-order valence-corrected chi connectivity index (χ0v) is 12.2. The average Bonchev–Trinajstić information content (AvgIpc) is 2.51. The summed E-state index contributed by atoms with van der Waals surface area (Å²) in [5, 5.41) is 0.142. The summed E-state index contributed by atoms with van der Waals surface area (Å²) in [5.74, 6) is 0. The summed E-state index contributed by atoms with van der Waals surface area (Å²) in [7, 11) is -1.65. The lowest BCUT2D eigenvalue weighted by molar-refractivity contribution is 0.228. The molecule has 2 atom stereocenters. The van der Waals surface area contributed by atoms with Gasteiger partial charge in [-0.1, -0.05) is 0 Å². The molecule has 0 aliphatic carbocycles. The maximum Gasteiger partial charge on any atom is 0.282 e. The Kier molecular flexibility index (Phi) is 3.74. The van der Waals surface area contributed by atoms with Crippen molar-refractivity contribution < 1.29 is 8.42 Å². The molecule has 6 heteroatoms. The molecule has 0 spiro atoms. The number of nitrogens with zero attached hydrogens (tertiary/aromatic N) is 2. The first-order valence-corrected chi connectivity index (χ1v) is 8.08. The van der Waals surface area contributed by atoms with E-state index in [0.29, 0.717) is 0 Å². The Morgan fingerprint density at radius 1 is 1.24 bits per heavy atom. The zero-order valence-electron chi connectivity index (χ0n) is 10.6. The predicted molar refractivity (Wildman–Crippen MR) is 69.3 cm³/mol. The van der Waals surface area contributed by atoms with Crippen molar-refractivity contribution in [2.24, 2.45) is 0 Å². The quantitative estimate of drug-likeness (QED) is 0.740. The fourth-order valence-electron chi connectivity index (χ4n) is 2.86. The largest absolute Gasteiger partial charge is 0.282 e. The van der Waals surface area contributed by atoms with Crippen LogP contribution in [0.5, 0.6) is 0 Å². The van der Waals surface area contributed by atoms with Crippen molar-refractivity contribution >= 4 is 21.8 Å². The van der Waals surface area contributed by atoms with Crippen molar-refractivity contribution in [1.82, 2.24) is 8.61 Å². The van der Waals surface area contributed by atoms with Crippen molar-refractivity contribution in [2.75, 3.05) is 7.05 Å². The van der Waals surface area contributed by atoms with Crippen molar-refractivity contribution in [3.05, 3.63) is 0 Å². The molecule has 0 aromatic heterocycles. The highest BCUT2D eigenvalue weighted by Gasteiger charge is 2.47. The van der Waals surface area contributed by atoms with Gasteiger partial charge in [0, 0.05) is 30.6 Å². The highest BCUT2D eigenvalue weighted by Crippen LogP contribution is 2.40.